The zero-order valence-electron chi connectivity index (χ0n) is 6.27. The maximum Gasteiger partial charge on any atom is 0.305 e. The number of nitro benzene ring substituents is 1. The summed E-state index contributed by atoms with van der Waals surface area (Å²) in [5.74, 6) is -1.11. The van der Waals surface area contributed by atoms with Crippen LogP contribution in [0.25, 0.3) is 0 Å². The normalized spacial score (nSPS) is 9.31. The van der Waals surface area contributed by atoms with Crippen LogP contribution >= 0.6 is 0 Å². The molecule has 0 aliphatic carbocycles. The van der Waals surface area contributed by atoms with Crippen LogP contribution in [0.15, 0.2) is 18.2 Å². The van der Waals surface area contributed by atoms with Gasteiger partial charge in [-0.3, -0.25) is 14.9 Å². The van der Waals surface area contributed by atoms with E-state index in [0.29, 0.717) is 0 Å². The Bertz CT molecular complexity index is 352. The molecule has 0 atom stereocenters. The number of nitro groups is 1. The van der Waals surface area contributed by atoms with E-state index in [-0.39, 0.29) is 12.2 Å². The fourth-order valence-electron chi connectivity index (χ4n) is 0.765. The summed E-state index contributed by atoms with van der Waals surface area (Å²) in [6, 6.07) is 2.83. The van der Waals surface area contributed by atoms with E-state index in [4.69, 9.17) is 0 Å². The molecule has 0 saturated heterocycles. The number of nitrogens with zero attached hydrogens (tertiary/aromatic N) is 1. The molecule has 13 heavy (non-hydrogen) atoms. The lowest BCUT2D eigenvalue weighted by molar-refractivity contribution is -0.387. The van der Waals surface area contributed by atoms with Gasteiger partial charge in [0, 0.05) is 12.1 Å². The van der Waals surface area contributed by atoms with Gasteiger partial charge in [0.05, 0.1) is 4.92 Å². The van der Waals surface area contributed by atoms with Gasteiger partial charge in [0.15, 0.2) is 0 Å². The quantitative estimate of drug-likeness (QED) is 0.404. The number of hydrogen-bond donors (Lipinski definition) is 0. The van der Waals surface area contributed by atoms with Crippen LogP contribution in [0.2, 0.25) is 0 Å². The summed E-state index contributed by atoms with van der Waals surface area (Å²) in [6.07, 6.45) is 0. The average molecular weight is 185 g/mol. The molecular weight excluding hydrogens is 181 g/mol. The van der Waals surface area contributed by atoms with Crippen LogP contribution in [0.3, 0.4) is 0 Å². The lowest BCUT2D eigenvalue weighted by atomic mass is 10.3. The van der Waals surface area contributed by atoms with Crippen molar-refractivity contribution in [1.29, 1.82) is 0 Å². The second-order valence-corrected chi connectivity index (χ2v) is 2.08. The number of carbonyl (C=O) groups excluding carboxylic acids is 1. The summed E-state index contributed by atoms with van der Waals surface area (Å²) >= 11 is 0. The van der Waals surface area contributed by atoms with Gasteiger partial charge in [-0.05, 0) is 6.07 Å². The van der Waals surface area contributed by atoms with E-state index in [0.717, 1.165) is 18.2 Å². The molecule has 0 amide bonds. The van der Waals surface area contributed by atoms with E-state index in [2.05, 4.69) is 4.74 Å². The highest BCUT2D eigenvalue weighted by atomic mass is 19.1. The zero-order valence-corrected chi connectivity index (χ0v) is 6.27. The van der Waals surface area contributed by atoms with Crippen molar-refractivity contribution in [3.05, 3.63) is 34.1 Å². The largest absolute Gasteiger partial charge is 0.429 e. The van der Waals surface area contributed by atoms with Gasteiger partial charge in [0.2, 0.25) is 5.82 Å². The minimum absolute atomic E-state index is 0.0712. The van der Waals surface area contributed by atoms with Crippen molar-refractivity contribution in [3.8, 4) is 5.75 Å². The van der Waals surface area contributed by atoms with E-state index in [1.54, 1.807) is 0 Å². The molecule has 0 unspecified atom stereocenters. The molecular formula is C7H4FNO4. The number of carbonyl (C=O) groups is 1. The third-order valence-corrected chi connectivity index (χ3v) is 1.30. The van der Waals surface area contributed by atoms with Gasteiger partial charge in [0.25, 0.3) is 6.47 Å². The first-order valence-electron chi connectivity index (χ1n) is 3.19. The summed E-state index contributed by atoms with van der Waals surface area (Å²) in [5, 5.41) is 10.1. The SMILES string of the molecule is O=COc1ccc([N+](=O)[O-])c(F)c1. The maximum absolute atomic E-state index is 12.8. The lowest BCUT2D eigenvalue weighted by Crippen LogP contribution is -1.94. The van der Waals surface area contributed by atoms with Crippen LogP contribution in [-0.2, 0) is 4.79 Å². The van der Waals surface area contributed by atoms with Crippen molar-refractivity contribution >= 4 is 12.2 Å². The Hall–Kier alpha value is -1.98. The molecule has 0 saturated carbocycles. The first-order valence-corrected chi connectivity index (χ1v) is 3.19. The molecule has 0 bridgehead atoms. The van der Waals surface area contributed by atoms with Crippen LogP contribution in [0, 0.1) is 15.9 Å². The van der Waals surface area contributed by atoms with E-state index in [9.17, 15) is 19.3 Å². The first kappa shape index (κ1) is 9.11. The highest BCUT2D eigenvalue weighted by Gasteiger charge is 2.13. The smallest absolute Gasteiger partial charge is 0.305 e. The van der Waals surface area contributed by atoms with Gasteiger partial charge >= 0.3 is 5.69 Å². The molecule has 0 aromatic heterocycles. The summed E-state index contributed by atoms with van der Waals surface area (Å²) in [6.45, 7) is 0.112. The Kier molecular flexibility index (Phi) is 2.53. The summed E-state index contributed by atoms with van der Waals surface area (Å²) in [4.78, 5) is 19.1. The van der Waals surface area contributed by atoms with Crippen LogP contribution in [0.4, 0.5) is 10.1 Å². The van der Waals surface area contributed by atoms with Gasteiger partial charge in [0.1, 0.15) is 5.75 Å². The van der Waals surface area contributed by atoms with E-state index >= 15 is 0 Å². The third kappa shape index (κ3) is 1.98. The number of hydrogen-bond acceptors (Lipinski definition) is 4. The van der Waals surface area contributed by atoms with Gasteiger partial charge in [-0.1, -0.05) is 0 Å². The van der Waals surface area contributed by atoms with Crippen LogP contribution in [0.5, 0.6) is 5.75 Å². The van der Waals surface area contributed by atoms with Crippen molar-refractivity contribution in [1.82, 2.24) is 0 Å². The second kappa shape index (κ2) is 3.61. The standard InChI is InChI=1S/C7H4FNO4/c8-6-3-5(13-4-10)1-2-7(6)9(11)12/h1-4H. The highest BCUT2D eigenvalue weighted by molar-refractivity contribution is 5.47. The Balaban J connectivity index is 3.05. The number of halogens is 1. The molecule has 0 aliphatic rings. The Labute approximate surface area is 71.9 Å². The average Bonchev–Trinajstić information content (AvgIpc) is 2.04. The minimum Gasteiger partial charge on any atom is -0.429 e. The van der Waals surface area contributed by atoms with Gasteiger partial charge in [-0.2, -0.15) is 4.39 Å². The molecule has 5 nitrogen and oxygen atoms in total. The van der Waals surface area contributed by atoms with Gasteiger partial charge < -0.3 is 4.74 Å². The summed E-state index contributed by atoms with van der Waals surface area (Å²) < 4.78 is 17.1. The summed E-state index contributed by atoms with van der Waals surface area (Å²) in [7, 11) is 0. The monoisotopic (exact) mass is 185 g/mol. The first-order chi connectivity index (χ1) is 6.15. The van der Waals surface area contributed by atoms with Crippen molar-refractivity contribution in [2.24, 2.45) is 0 Å². The van der Waals surface area contributed by atoms with E-state index in [1.165, 1.54) is 0 Å². The fourth-order valence-corrected chi connectivity index (χ4v) is 0.765. The van der Waals surface area contributed by atoms with E-state index in [1.807, 2.05) is 0 Å². The topological polar surface area (TPSA) is 69.4 Å². The number of rotatable bonds is 3. The molecule has 0 heterocycles. The summed E-state index contributed by atoms with van der Waals surface area (Å²) in [5.41, 5.74) is -0.654. The van der Waals surface area contributed by atoms with Crippen LogP contribution < -0.4 is 4.74 Å². The van der Waals surface area contributed by atoms with Crippen molar-refractivity contribution in [2.75, 3.05) is 0 Å². The second-order valence-electron chi connectivity index (χ2n) is 2.08. The lowest BCUT2D eigenvalue weighted by Gasteiger charge is -1.97. The van der Waals surface area contributed by atoms with Gasteiger partial charge in [-0.25, -0.2) is 0 Å². The predicted molar refractivity (Wildman–Crippen MR) is 39.7 cm³/mol. The van der Waals surface area contributed by atoms with Crippen molar-refractivity contribution in [3.63, 3.8) is 0 Å². The molecule has 68 valence electrons. The Morgan fingerprint density at radius 2 is 2.23 bits per heavy atom. The van der Waals surface area contributed by atoms with Crippen LogP contribution in [0.1, 0.15) is 0 Å². The molecule has 6 heteroatoms. The van der Waals surface area contributed by atoms with Crippen molar-refractivity contribution in [2.45, 2.75) is 0 Å². The molecule has 1 aromatic rings. The highest BCUT2D eigenvalue weighted by Crippen LogP contribution is 2.21. The maximum atomic E-state index is 12.8. The van der Waals surface area contributed by atoms with Gasteiger partial charge in [-0.15, -0.1) is 0 Å². The minimum atomic E-state index is -1.04. The molecule has 0 aliphatic heterocycles. The molecule has 0 fully saturated rings. The Morgan fingerprint density at radius 3 is 2.69 bits per heavy atom. The third-order valence-electron chi connectivity index (χ3n) is 1.30. The van der Waals surface area contributed by atoms with Crippen LogP contribution in [-0.4, -0.2) is 11.4 Å². The molecule has 0 spiro atoms. The van der Waals surface area contributed by atoms with Crippen molar-refractivity contribution < 1.29 is 18.8 Å². The zero-order chi connectivity index (χ0) is 9.84. The molecule has 1 rings (SSSR count). The fraction of sp³-hybridized carbons (Fsp3) is 0. The Morgan fingerprint density at radius 1 is 1.54 bits per heavy atom. The molecule has 0 N–H and O–H groups in total. The van der Waals surface area contributed by atoms with E-state index < -0.39 is 16.4 Å². The molecule has 1 aromatic carbocycles. The number of benzene rings is 1. The predicted octanol–water partition coefficient (Wildman–Crippen LogP) is 1.27. The number of ether oxygens (including phenoxy) is 1. The molecule has 0 radical (unpaired) electrons.